The van der Waals surface area contributed by atoms with E-state index in [1.54, 1.807) is 29.2 Å². The average molecular weight is 298 g/mol. The predicted octanol–water partition coefficient (Wildman–Crippen LogP) is 1.26. The summed E-state index contributed by atoms with van der Waals surface area (Å²) in [7, 11) is 0. The molecule has 6 nitrogen and oxygen atoms in total. The number of carboxylic acids is 1. The summed E-state index contributed by atoms with van der Waals surface area (Å²) in [6.07, 6.45) is 0. The Morgan fingerprint density at radius 2 is 2.05 bits per heavy atom. The van der Waals surface area contributed by atoms with Gasteiger partial charge in [0.1, 0.15) is 6.54 Å². The highest BCUT2D eigenvalue weighted by molar-refractivity contribution is 6.30. The van der Waals surface area contributed by atoms with E-state index in [1.165, 1.54) is 4.90 Å². The molecule has 7 heteroatoms. The van der Waals surface area contributed by atoms with Gasteiger partial charge in [-0.25, -0.2) is 4.79 Å². The molecule has 0 spiro atoms. The van der Waals surface area contributed by atoms with Gasteiger partial charge in [0, 0.05) is 36.9 Å². The number of amides is 2. The van der Waals surface area contributed by atoms with Crippen molar-refractivity contribution in [2.24, 2.45) is 0 Å². The normalized spacial score (nSPS) is 14.9. The third-order valence-corrected chi connectivity index (χ3v) is 3.27. The van der Waals surface area contributed by atoms with E-state index in [9.17, 15) is 9.59 Å². The largest absolute Gasteiger partial charge is 0.480 e. The molecule has 0 bridgehead atoms. The van der Waals surface area contributed by atoms with Gasteiger partial charge in [-0.05, 0) is 18.2 Å². The molecule has 1 aromatic carbocycles. The van der Waals surface area contributed by atoms with Crippen LogP contribution in [0, 0.1) is 0 Å². The molecular formula is C13H16ClN3O3. The van der Waals surface area contributed by atoms with Crippen molar-refractivity contribution in [2.45, 2.75) is 0 Å². The number of urea groups is 1. The van der Waals surface area contributed by atoms with Crippen molar-refractivity contribution < 1.29 is 14.7 Å². The lowest BCUT2D eigenvalue weighted by Crippen LogP contribution is -2.52. The molecule has 0 atom stereocenters. The van der Waals surface area contributed by atoms with E-state index in [2.05, 4.69) is 5.32 Å². The van der Waals surface area contributed by atoms with E-state index in [0.717, 1.165) is 0 Å². The number of aliphatic carboxylic acids is 1. The fourth-order valence-corrected chi connectivity index (χ4v) is 2.26. The summed E-state index contributed by atoms with van der Waals surface area (Å²) in [6, 6.07) is 6.33. The fraction of sp³-hybridized carbons (Fsp3) is 0.385. The van der Waals surface area contributed by atoms with Crippen molar-refractivity contribution in [3.63, 3.8) is 0 Å². The number of halogens is 1. The Morgan fingerprint density at radius 3 is 2.65 bits per heavy atom. The molecule has 0 radical (unpaired) electrons. The highest BCUT2D eigenvalue weighted by Crippen LogP contribution is 2.20. The van der Waals surface area contributed by atoms with Crippen LogP contribution in [-0.2, 0) is 4.79 Å². The zero-order chi connectivity index (χ0) is 14.5. The van der Waals surface area contributed by atoms with Crippen molar-refractivity contribution in [3.05, 3.63) is 29.3 Å². The van der Waals surface area contributed by atoms with Crippen molar-refractivity contribution in [1.82, 2.24) is 10.2 Å². The number of rotatable bonds is 3. The molecule has 0 aromatic heterocycles. The van der Waals surface area contributed by atoms with Gasteiger partial charge in [-0.3, -0.25) is 9.69 Å². The zero-order valence-corrected chi connectivity index (χ0v) is 11.6. The molecule has 1 aromatic rings. The highest BCUT2D eigenvalue weighted by atomic mass is 35.5. The van der Waals surface area contributed by atoms with Crippen LogP contribution in [0.3, 0.4) is 0 Å². The number of anilines is 1. The topological polar surface area (TPSA) is 72.9 Å². The Kier molecular flexibility index (Phi) is 4.81. The SMILES string of the molecule is O=C(O)CN(C(=O)N1CCNCC1)c1cccc(Cl)c1. The lowest BCUT2D eigenvalue weighted by atomic mass is 10.3. The Hall–Kier alpha value is -1.79. The first kappa shape index (κ1) is 14.6. The third-order valence-electron chi connectivity index (χ3n) is 3.03. The minimum atomic E-state index is -1.06. The molecule has 1 aliphatic heterocycles. The lowest BCUT2D eigenvalue weighted by Gasteiger charge is -2.32. The van der Waals surface area contributed by atoms with Crippen LogP contribution in [0.25, 0.3) is 0 Å². The Bertz CT molecular complexity index is 503. The number of carbonyl (C=O) groups excluding carboxylic acids is 1. The number of carbonyl (C=O) groups is 2. The van der Waals surface area contributed by atoms with Crippen LogP contribution in [0.4, 0.5) is 10.5 Å². The molecule has 0 saturated carbocycles. The van der Waals surface area contributed by atoms with Crippen LogP contribution in [-0.4, -0.2) is 54.7 Å². The highest BCUT2D eigenvalue weighted by Gasteiger charge is 2.25. The van der Waals surface area contributed by atoms with E-state index in [1.807, 2.05) is 0 Å². The second-order valence-corrected chi connectivity index (χ2v) is 4.92. The zero-order valence-electron chi connectivity index (χ0n) is 10.9. The molecule has 2 amide bonds. The number of carboxylic acid groups (broad SMARTS) is 1. The fourth-order valence-electron chi connectivity index (χ4n) is 2.08. The van der Waals surface area contributed by atoms with Gasteiger partial charge >= 0.3 is 12.0 Å². The number of nitrogens with one attached hydrogen (secondary N) is 1. The van der Waals surface area contributed by atoms with Crippen molar-refractivity contribution >= 4 is 29.3 Å². The molecule has 1 aliphatic rings. The maximum atomic E-state index is 12.5. The van der Waals surface area contributed by atoms with Gasteiger partial charge in [0.2, 0.25) is 0 Å². The van der Waals surface area contributed by atoms with Crippen LogP contribution in [0.5, 0.6) is 0 Å². The molecular weight excluding hydrogens is 282 g/mol. The van der Waals surface area contributed by atoms with Crippen LogP contribution >= 0.6 is 11.6 Å². The van der Waals surface area contributed by atoms with Gasteiger partial charge in [0.25, 0.3) is 0 Å². The maximum Gasteiger partial charge on any atom is 0.325 e. The van der Waals surface area contributed by atoms with Gasteiger partial charge in [-0.2, -0.15) is 0 Å². The van der Waals surface area contributed by atoms with Crippen molar-refractivity contribution in [2.75, 3.05) is 37.6 Å². The average Bonchev–Trinajstić information content (AvgIpc) is 2.45. The number of piperazine rings is 1. The summed E-state index contributed by atoms with van der Waals surface area (Å²) in [5, 5.41) is 12.6. The predicted molar refractivity (Wildman–Crippen MR) is 76.3 cm³/mol. The van der Waals surface area contributed by atoms with Gasteiger partial charge < -0.3 is 15.3 Å². The van der Waals surface area contributed by atoms with Gasteiger partial charge in [0.05, 0.1) is 0 Å². The number of hydrogen-bond donors (Lipinski definition) is 2. The Morgan fingerprint density at radius 1 is 1.35 bits per heavy atom. The quantitative estimate of drug-likeness (QED) is 0.881. The summed E-state index contributed by atoms with van der Waals surface area (Å²) in [6.45, 7) is 2.17. The molecule has 1 fully saturated rings. The first-order valence-corrected chi connectivity index (χ1v) is 6.70. The first-order valence-electron chi connectivity index (χ1n) is 6.32. The van der Waals surface area contributed by atoms with E-state index in [4.69, 9.17) is 16.7 Å². The molecule has 20 heavy (non-hydrogen) atoms. The van der Waals surface area contributed by atoms with E-state index in [0.29, 0.717) is 36.9 Å². The second kappa shape index (κ2) is 6.58. The van der Waals surface area contributed by atoms with E-state index in [-0.39, 0.29) is 12.6 Å². The third kappa shape index (κ3) is 3.61. The summed E-state index contributed by atoms with van der Waals surface area (Å²) >= 11 is 5.91. The van der Waals surface area contributed by atoms with Crippen molar-refractivity contribution in [3.8, 4) is 0 Å². The molecule has 2 rings (SSSR count). The van der Waals surface area contributed by atoms with Gasteiger partial charge in [-0.1, -0.05) is 17.7 Å². The number of nitrogens with zero attached hydrogens (tertiary/aromatic N) is 2. The minimum Gasteiger partial charge on any atom is -0.480 e. The summed E-state index contributed by atoms with van der Waals surface area (Å²) in [5.74, 6) is -1.06. The second-order valence-electron chi connectivity index (χ2n) is 4.48. The molecule has 108 valence electrons. The maximum absolute atomic E-state index is 12.5. The lowest BCUT2D eigenvalue weighted by molar-refractivity contribution is -0.135. The standard InChI is InChI=1S/C13H16ClN3O3/c14-10-2-1-3-11(8-10)17(9-12(18)19)13(20)16-6-4-15-5-7-16/h1-3,8,15H,4-7,9H2,(H,18,19). The van der Waals surface area contributed by atoms with Gasteiger partial charge in [-0.15, -0.1) is 0 Å². The first-order chi connectivity index (χ1) is 9.58. The summed E-state index contributed by atoms with van der Waals surface area (Å²) in [4.78, 5) is 26.3. The molecule has 2 N–H and O–H groups in total. The van der Waals surface area contributed by atoms with E-state index >= 15 is 0 Å². The van der Waals surface area contributed by atoms with Crippen LogP contribution < -0.4 is 10.2 Å². The smallest absolute Gasteiger partial charge is 0.325 e. The van der Waals surface area contributed by atoms with Crippen LogP contribution in [0.15, 0.2) is 24.3 Å². The number of benzene rings is 1. The monoisotopic (exact) mass is 297 g/mol. The Labute approximate surface area is 121 Å². The number of hydrogen-bond acceptors (Lipinski definition) is 3. The summed E-state index contributed by atoms with van der Waals surface area (Å²) < 4.78 is 0. The molecule has 0 aliphatic carbocycles. The molecule has 1 heterocycles. The molecule has 1 saturated heterocycles. The van der Waals surface area contributed by atoms with Crippen LogP contribution in [0.1, 0.15) is 0 Å². The van der Waals surface area contributed by atoms with E-state index < -0.39 is 5.97 Å². The van der Waals surface area contributed by atoms with Gasteiger partial charge in [0.15, 0.2) is 0 Å². The summed E-state index contributed by atoms with van der Waals surface area (Å²) in [5.41, 5.74) is 0.489. The minimum absolute atomic E-state index is 0.309. The molecule has 0 unspecified atom stereocenters. The Balaban J connectivity index is 2.22. The van der Waals surface area contributed by atoms with Crippen molar-refractivity contribution in [1.29, 1.82) is 0 Å². The van der Waals surface area contributed by atoms with Crippen LogP contribution in [0.2, 0.25) is 5.02 Å².